The third-order valence-electron chi connectivity index (χ3n) is 6.86. The number of aromatic nitrogens is 2. The Kier molecular flexibility index (Phi) is 6.79. The van der Waals surface area contributed by atoms with Gasteiger partial charge in [0.25, 0.3) is 5.72 Å². The number of rotatable bonds is 6. The summed E-state index contributed by atoms with van der Waals surface area (Å²) in [5.41, 5.74) is 3.33. The van der Waals surface area contributed by atoms with Crippen molar-refractivity contribution in [2.45, 2.75) is 25.5 Å². The zero-order valence-corrected chi connectivity index (χ0v) is 21.8. The molecule has 10 heteroatoms. The number of benzene rings is 2. The van der Waals surface area contributed by atoms with E-state index in [0.29, 0.717) is 17.9 Å². The van der Waals surface area contributed by atoms with Crippen LogP contribution in [0.1, 0.15) is 29.7 Å². The molecule has 0 N–H and O–H groups in total. The van der Waals surface area contributed by atoms with Crippen LogP contribution in [0.15, 0.2) is 65.7 Å². The van der Waals surface area contributed by atoms with E-state index in [2.05, 4.69) is 21.1 Å². The van der Waals surface area contributed by atoms with Crippen LogP contribution in [-0.2, 0) is 15.3 Å². The van der Waals surface area contributed by atoms with Crippen molar-refractivity contribution >= 4 is 18.0 Å². The summed E-state index contributed by atoms with van der Waals surface area (Å²) in [6.07, 6.45) is 6.93. The van der Waals surface area contributed by atoms with Gasteiger partial charge in [-0.1, -0.05) is 11.2 Å². The van der Waals surface area contributed by atoms with Crippen molar-refractivity contribution < 1.29 is 23.5 Å². The molecule has 0 radical (unpaired) electrons. The number of aryl methyl sites for hydroxylation is 1. The van der Waals surface area contributed by atoms with Crippen LogP contribution >= 0.6 is 0 Å². The standard InChI is InChI=1S/C28H30FN5O4/c1-19-16-33(18-30-19)24-12-7-20(15-25(24)36-3)14-21-6-5-13-34-26(21)31-38-28(34,17-32(2)27(35)37-4)22-8-10-23(29)11-9-22/h7-12,14-16,18H,5-6,13,17H2,1-4H3/t28-/m1/s1. The average molecular weight is 520 g/mol. The van der Waals surface area contributed by atoms with Gasteiger partial charge in [0.05, 0.1) is 38.5 Å². The second kappa shape index (κ2) is 10.2. The van der Waals surface area contributed by atoms with Crippen LogP contribution < -0.4 is 4.74 Å². The van der Waals surface area contributed by atoms with Crippen LogP contribution in [-0.4, -0.2) is 65.6 Å². The minimum atomic E-state index is -1.12. The summed E-state index contributed by atoms with van der Waals surface area (Å²) in [5.74, 6) is 1.05. The average Bonchev–Trinajstić information content (AvgIpc) is 3.53. The summed E-state index contributed by atoms with van der Waals surface area (Å²) in [6, 6.07) is 12.1. The molecule has 3 heterocycles. The maximum absolute atomic E-state index is 13.8. The first kappa shape index (κ1) is 25.3. The highest BCUT2D eigenvalue weighted by atomic mass is 19.1. The SMILES string of the molecule is COC(=O)N(C)C[C@]1(c2ccc(F)cc2)ON=C2C(=Cc3ccc(-n4cnc(C)c4)c(OC)c3)CCCN21. The van der Waals surface area contributed by atoms with Gasteiger partial charge in [0, 0.05) is 25.4 Å². The van der Waals surface area contributed by atoms with Gasteiger partial charge in [0.1, 0.15) is 11.6 Å². The highest BCUT2D eigenvalue weighted by Gasteiger charge is 2.51. The van der Waals surface area contributed by atoms with E-state index in [4.69, 9.17) is 14.3 Å². The number of imidazole rings is 1. The summed E-state index contributed by atoms with van der Waals surface area (Å²) >= 11 is 0. The van der Waals surface area contributed by atoms with Gasteiger partial charge in [0.15, 0.2) is 5.84 Å². The number of hydrogen-bond donors (Lipinski definition) is 0. The van der Waals surface area contributed by atoms with Gasteiger partial charge in [0.2, 0.25) is 0 Å². The molecule has 1 aromatic heterocycles. The third-order valence-corrected chi connectivity index (χ3v) is 6.86. The van der Waals surface area contributed by atoms with Gasteiger partial charge in [-0.2, -0.15) is 0 Å². The van der Waals surface area contributed by atoms with Crippen molar-refractivity contribution in [3.05, 3.63) is 83.2 Å². The van der Waals surface area contributed by atoms with Crippen LogP contribution in [0.25, 0.3) is 11.8 Å². The molecule has 1 atom stereocenters. The number of carbonyl (C=O) groups is 1. The van der Waals surface area contributed by atoms with Gasteiger partial charge in [-0.3, -0.25) is 0 Å². The second-order valence-electron chi connectivity index (χ2n) is 9.40. The summed E-state index contributed by atoms with van der Waals surface area (Å²) in [5, 5.41) is 4.49. The molecule has 0 spiro atoms. The van der Waals surface area contributed by atoms with E-state index in [0.717, 1.165) is 41.1 Å². The number of nitrogens with zero attached hydrogens (tertiary/aromatic N) is 5. The normalized spacial score (nSPS) is 19.6. The van der Waals surface area contributed by atoms with E-state index in [-0.39, 0.29) is 12.4 Å². The van der Waals surface area contributed by atoms with Crippen LogP contribution in [0.5, 0.6) is 5.75 Å². The lowest BCUT2D eigenvalue weighted by Crippen LogP contribution is -2.55. The Morgan fingerprint density at radius 1 is 1.24 bits per heavy atom. The fourth-order valence-electron chi connectivity index (χ4n) is 5.00. The lowest BCUT2D eigenvalue weighted by Gasteiger charge is -2.41. The number of methoxy groups -OCH3 is 2. The largest absolute Gasteiger partial charge is 0.495 e. The third kappa shape index (κ3) is 4.57. The lowest BCUT2D eigenvalue weighted by atomic mass is 9.94. The van der Waals surface area contributed by atoms with Gasteiger partial charge < -0.3 is 28.7 Å². The Bertz CT molecular complexity index is 1400. The summed E-state index contributed by atoms with van der Waals surface area (Å²) in [6.45, 7) is 2.74. The molecule has 3 aromatic rings. The number of oxime groups is 1. The van der Waals surface area contributed by atoms with Gasteiger partial charge in [-0.15, -0.1) is 0 Å². The van der Waals surface area contributed by atoms with E-state index in [1.165, 1.54) is 24.1 Å². The monoisotopic (exact) mass is 519 g/mol. The Balaban J connectivity index is 1.49. The Morgan fingerprint density at radius 2 is 2.03 bits per heavy atom. The molecule has 5 rings (SSSR count). The Morgan fingerprint density at radius 3 is 2.71 bits per heavy atom. The quantitative estimate of drug-likeness (QED) is 0.470. The molecule has 0 unspecified atom stereocenters. The molecule has 38 heavy (non-hydrogen) atoms. The van der Waals surface area contributed by atoms with Gasteiger partial charge >= 0.3 is 6.09 Å². The fraction of sp³-hybridized carbons (Fsp3) is 0.321. The molecule has 1 fully saturated rings. The van der Waals surface area contributed by atoms with Crippen molar-refractivity contribution in [2.24, 2.45) is 5.16 Å². The summed E-state index contributed by atoms with van der Waals surface area (Å²) in [4.78, 5) is 26.2. The van der Waals surface area contributed by atoms with E-state index in [9.17, 15) is 9.18 Å². The molecular formula is C28H30FN5O4. The van der Waals surface area contributed by atoms with Crippen LogP contribution in [0.3, 0.4) is 0 Å². The summed E-state index contributed by atoms with van der Waals surface area (Å²) in [7, 11) is 4.61. The zero-order valence-electron chi connectivity index (χ0n) is 21.8. The van der Waals surface area contributed by atoms with Crippen LogP contribution in [0, 0.1) is 12.7 Å². The van der Waals surface area contributed by atoms with E-state index < -0.39 is 11.8 Å². The minimum absolute atomic E-state index is 0.137. The Hall–Kier alpha value is -4.34. The predicted molar refractivity (Wildman–Crippen MR) is 140 cm³/mol. The minimum Gasteiger partial charge on any atom is -0.495 e. The number of fused-ring (bicyclic) bond motifs is 1. The van der Waals surface area contributed by atoms with E-state index in [1.807, 2.05) is 35.9 Å². The number of piperidine rings is 1. The number of ether oxygens (including phenoxy) is 2. The van der Waals surface area contributed by atoms with E-state index >= 15 is 0 Å². The molecule has 2 aliphatic rings. The molecular weight excluding hydrogens is 489 g/mol. The molecule has 1 amide bonds. The molecule has 198 valence electrons. The molecule has 1 saturated heterocycles. The number of hydrogen-bond acceptors (Lipinski definition) is 7. The first-order chi connectivity index (χ1) is 18.3. The molecule has 2 aliphatic heterocycles. The van der Waals surface area contributed by atoms with Crippen LogP contribution in [0.2, 0.25) is 0 Å². The first-order valence-corrected chi connectivity index (χ1v) is 12.3. The molecule has 0 saturated carbocycles. The van der Waals surface area contributed by atoms with Gasteiger partial charge in [-0.05, 0) is 73.4 Å². The number of carbonyl (C=O) groups excluding carboxylic acids is 1. The molecule has 0 bridgehead atoms. The molecule has 9 nitrogen and oxygen atoms in total. The maximum Gasteiger partial charge on any atom is 0.409 e. The molecule has 0 aliphatic carbocycles. The van der Waals surface area contributed by atoms with Crippen molar-refractivity contribution in [3.8, 4) is 11.4 Å². The van der Waals surface area contributed by atoms with Crippen molar-refractivity contribution in [1.29, 1.82) is 0 Å². The highest BCUT2D eigenvalue weighted by Crippen LogP contribution is 2.41. The fourth-order valence-corrected chi connectivity index (χ4v) is 5.00. The summed E-state index contributed by atoms with van der Waals surface area (Å²) < 4.78 is 26.3. The second-order valence-corrected chi connectivity index (χ2v) is 9.40. The van der Waals surface area contributed by atoms with Crippen molar-refractivity contribution in [1.82, 2.24) is 19.4 Å². The van der Waals surface area contributed by atoms with Crippen molar-refractivity contribution in [3.63, 3.8) is 0 Å². The number of amidine groups is 1. The predicted octanol–water partition coefficient (Wildman–Crippen LogP) is 4.70. The zero-order chi connectivity index (χ0) is 26.9. The lowest BCUT2D eigenvalue weighted by molar-refractivity contribution is -0.118. The van der Waals surface area contributed by atoms with E-state index in [1.54, 1.807) is 32.6 Å². The molecule has 2 aromatic carbocycles. The van der Waals surface area contributed by atoms with Crippen molar-refractivity contribution in [2.75, 3.05) is 34.4 Å². The number of halogens is 1. The maximum atomic E-state index is 13.8. The Labute approximate surface area is 220 Å². The highest BCUT2D eigenvalue weighted by molar-refractivity contribution is 6.03. The number of amides is 1. The topological polar surface area (TPSA) is 81.4 Å². The smallest absolute Gasteiger partial charge is 0.409 e. The van der Waals surface area contributed by atoms with Crippen LogP contribution in [0.4, 0.5) is 9.18 Å². The number of likely N-dealkylation sites (N-methyl/N-ethyl adjacent to an activating group) is 1. The van der Waals surface area contributed by atoms with Gasteiger partial charge in [-0.25, -0.2) is 14.2 Å². The first-order valence-electron chi connectivity index (χ1n) is 12.3.